The molecule has 1 fully saturated rings. The van der Waals surface area contributed by atoms with Crippen LogP contribution in [0, 0.1) is 0 Å². The Morgan fingerprint density at radius 3 is 2.50 bits per heavy atom. The van der Waals surface area contributed by atoms with Crippen molar-refractivity contribution >= 4 is 5.71 Å². The molecule has 0 radical (unpaired) electrons. The van der Waals surface area contributed by atoms with Gasteiger partial charge in [0.1, 0.15) is 11.5 Å². The number of ether oxygens (including phenoxy) is 4. The summed E-state index contributed by atoms with van der Waals surface area (Å²) in [5.74, 6) is 3.18. The Kier molecular flexibility index (Phi) is 5.37. The Morgan fingerprint density at radius 2 is 1.81 bits per heavy atom. The minimum atomic E-state index is -0.473. The third kappa shape index (κ3) is 3.26. The Morgan fingerprint density at radius 1 is 1.03 bits per heavy atom. The molecule has 3 aliphatic heterocycles. The van der Waals surface area contributed by atoms with E-state index < -0.39 is 5.72 Å². The van der Waals surface area contributed by atoms with Gasteiger partial charge in [-0.1, -0.05) is 19.1 Å². The minimum absolute atomic E-state index is 0.101. The van der Waals surface area contributed by atoms with Gasteiger partial charge in [-0.25, -0.2) is 5.01 Å². The third-order valence-electron chi connectivity index (χ3n) is 7.01. The molecule has 2 aromatic rings. The number of para-hydroxylation sites is 1. The summed E-state index contributed by atoms with van der Waals surface area (Å²) in [7, 11) is 5.05. The lowest BCUT2D eigenvalue weighted by Gasteiger charge is -2.51. The summed E-state index contributed by atoms with van der Waals surface area (Å²) in [4.78, 5) is 2.47. The number of methoxy groups -OCH3 is 3. The molecular formula is C25H31N3O4. The summed E-state index contributed by atoms with van der Waals surface area (Å²) in [6, 6.07) is 12.2. The quantitative estimate of drug-likeness (QED) is 0.703. The topological polar surface area (TPSA) is 55.8 Å². The monoisotopic (exact) mass is 437 g/mol. The number of nitrogens with zero attached hydrogens (tertiary/aromatic N) is 3. The number of hydrogen-bond acceptors (Lipinski definition) is 7. The molecule has 7 heteroatoms. The molecule has 0 unspecified atom stereocenters. The molecule has 0 saturated carbocycles. The van der Waals surface area contributed by atoms with Crippen molar-refractivity contribution in [3.8, 4) is 23.0 Å². The van der Waals surface area contributed by atoms with Crippen LogP contribution in [0.25, 0.3) is 0 Å². The zero-order valence-corrected chi connectivity index (χ0v) is 19.3. The van der Waals surface area contributed by atoms with Crippen molar-refractivity contribution in [2.45, 2.75) is 38.0 Å². The molecule has 170 valence electrons. The molecular weight excluding hydrogens is 406 g/mol. The second-order valence-electron chi connectivity index (χ2n) is 8.54. The first-order valence-electron chi connectivity index (χ1n) is 11.3. The Bertz CT molecular complexity index is 1030. The van der Waals surface area contributed by atoms with Crippen LogP contribution >= 0.6 is 0 Å². The lowest BCUT2D eigenvalue weighted by molar-refractivity contribution is -0.150. The zero-order chi connectivity index (χ0) is 22.3. The predicted octanol–water partition coefficient (Wildman–Crippen LogP) is 4.07. The summed E-state index contributed by atoms with van der Waals surface area (Å²) in [5.41, 5.74) is 2.65. The molecule has 0 aliphatic carbocycles. The summed E-state index contributed by atoms with van der Waals surface area (Å²) in [5, 5.41) is 7.39. The van der Waals surface area contributed by atoms with Gasteiger partial charge in [-0.2, -0.15) is 5.10 Å². The molecule has 1 spiro atoms. The van der Waals surface area contributed by atoms with Gasteiger partial charge in [-0.3, -0.25) is 0 Å². The Hall–Kier alpha value is -2.93. The Labute approximate surface area is 189 Å². The SMILES string of the molecule is CCN1CCC2(CC1)Oc1c(OC)cccc1[C@H]1CC(c3ccc(OC)cc3OC)=NN12. The number of likely N-dealkylation sites (tertiary alicyclic amines) is 1. The second kappa shape index (κ2) is 8.20. The molecule has 2 aromatic carbocycles. The number of hydrazone groups is 1. The van der Waals surface area contributed by atoms with Gasteiger partial charge in [-0.05, 0) is 24.7 Å². The molecule has 3 heterocycles. The van der Waals surface area contributed by atoms with Crippen molar-refractivity contribution in [2.24, 2.45) is 5.10 Å². The maximum atomic E-state index is 6.78. The van der Waals surface area contributed by atoms with Crippen molar-refractivity contribution in [1.29, 1.82) is 0 Å². The van der Waals surface area contributed by atoms with Crippen molar-refractivity contribution in [2.75, 3.05) is 41.0 Å². The fourth-order valence-electron chi connectivity index (χ4n) is 5.18. The summed E-state index contributed by atoms with van der Waals surface area (Å²) in [6.07, 6.45) is 2.57. The highest BCUT2D eigenvalue weighted by Gasteiger charge is 2.52. The number of piperidine rings is 1. The highest BCUT2D eigenvalue weighted by molar-refractivity contribution is 6.04. The van der Waals surface area contributed by atoms with E-state index in [9.17, 15) is 0 Å². The fourth-order valence-corrected chi connectivity index (χ4v) is 5.18. The normalized spacial score (nSPS) is 21.4. The van der Waals surface area contributed by atoms with E-state index in [1.54, 1.807) is 21.3 Å². The molecule has 1 saturated heterocycles. The predicted molar refractivity (Wildman–Crippen MR) is 123 cm³/mol. The summed E-state index contributed by atoms with van der Waals surface area (Å²) >= 11 is 0. The van der Waals surface area contributed by atoms with Crippen molar-refractivity contribution in [3.05, 3.63) is 47.5 Å². The summed E-state index contributed by atoms with van der Waals surface area (Å²) < 4.78 is 23.5. The van der Waals surface area contributed by atoms with E-state index in [0.717, 1.165) is 78.7 Å². The number of fused-ring (bicyclic) bond motifs is 4. The van der Waals surface area contributed by atoms with Crippen LogP contribution in [0.1, 0.15) is 43.4 Å². The minimum Gasteiger partial charge on any atom is -0.497 e. The largest absolute Gasteiger partial charge is 0.497 e. The van der Waals surface area contributed by atoms with E-state index in [1.807, 2.05) is 30.3 Å². The summed E-state index contributed by atoms with van der Waals surface area (Å²) in [6.45, 7) is 5.24. The van der Waals surface area contributed by atoms with Crippen LogP contribution in [0.2, 0.25) is 0 Å². The maximum absolute atomic E-state index is 6.78. The van der Waals surface area contributed by atoms with Crippen molar-refractivity contribution < 1.29 is 18.9 Å². The molecule has 1 atom stereocenters. The zero-order valence-electron chi connectivity index (χ0n) is 19.3. The van der Waals surface area contributed by atoms with E-state index in [0.29, 0.717) is 0 Å². The van der Waals surface area contributed by atoms with Crippen LogP contribution in [0.15, 0.2) is 41.5 Å². The van der Waals surface area contributed by atoms with E-state index in [2.05, 4.69) is 22.9 Å². The Balaban J connectivity index is 1.58. The average molecular weight is 438 g/mol. The van der Waals surface area contributed by atoms with Crippen LogP contribution in [0.5, 0.6) is 23.0 Å². The number of benzene rings is 2. The van der Waals surface area contributed by atoms with Gasteiger partial charge >= 0.3 is 0 Å². The smallest absolute Gasteiger partial charge is 0.200 e. The average Bonchev–Trinajstić information content (AvgIpc) is 3.30. The van der Waals surface area contributed by atoms with E-state index in [1.165, 1.54) is 0 Å². The molecule has 32 heavy (non-hydrogen) atoms. The first kappa shape index (κ1) is 20.9. The highest BCUT2D eigenvalue weighted by atomic mass is 16.5. The van der Waals surface area contributed by atoms with Gasteiger partial charge in [-0.15, -0.1) is 0 Å². The van der Waals surface area contributed by atoms with E-state index in [4.69, 9.17) is 24.0 Å². The van der Waals surface area contributed by atoms with E-state index >= 15 is 0 Å². The molecule has 0 aromatic heterocycles. The van der Waals surface area contributed by atoms with Gasteiger partial charge in [0, 0.05) is 49.5 Å². The molecule has 7 nitrogen and oxygen atoms in total. The fraction of sp³-hybridized carbons (Fsp3) is 0.480. The van der Waals surface area contributed by atoms with Gasteiger partial charge in [0.25, 0.3) is 0 Å². The standard InChI is InChI=1S/C25H31N3O4/c1-5-27-13-11-25(12-14-27)28-21(19-7-6-8-22(30-3)24(19)32-25)16-20(26-28)18-10-9-17(29-2)15-23(18)31-4/h6-10,15,21H,5,11-14,16H2,1-4H3/t21-/m1/s1. The highest BCUT2D eigenvalue weighted by Crippen LogP contribution is 2.53. The van der Waals surface area contributed by atoms with Crippen LogP contribution in [-0.4, -0.2) is 62.3 Å². The number of hydrogen-bond donors (Lipinski definition) is 0. The van der Waals surface area contributed by atoms with Gasteiger partial charge < -0.3 is 23.8 Å². The van der Waals surface area contributed by atoms with Crippen LogP contribution in [0.4, 0.5) is 0 Å². The van der Waals surface area contributed by atoms with Crippen molar-refractivity contribution in [3.63, 3.8) is 0 Å². The van der Waals surface area contributed by atoms with Crippen LogP contribution < -0.4 is 18.9 Å². The van der Waals surface area contributed by atoms with Crippen molar-refractivity contribution in [1.82, 2.24) is 9.91 Å². The third-order valence-corrected chi connectivity index (χ3v) is 7.01. The first-order valence-corrected chi connectivity index (χ1v) is 11.3. The van der Waals surface area contributed by atoms with Gasteiger partial charge in [0.15, 0.2) is 11.5 Å². The van der Waals surface area contributed by atoms with Crippen LogP contribution in [-0.2, 0) is 0 Å². The maximum Gasteiger partial charge on any atom is 0.200 e. The first-order chi connectivity index (χ1) is 15.6. The second-order valence-corrected chi connectivity index (χ2v) is 8.54. The lowest BCUT2D eigenvalue weighted by atomic mass is 9.90. The molecule has 3 aliphatic rings. The van der Waals surface area contributed by atoms with Crippen LogP contribution in [0.3, 0.4) is 0 Å². The number of rotatable bonds is 5. The lowest BCUT2D eigenvalue weighted by Crippen LogP contribution is -2.59. The molecule has 5 rings (SSSR count). The molecule has 0 N–H and O–H groups in total. The van der Waals surface area contributed by atoms with E-state index in [-0.39, 0.29) is 6.04 Å². The van der Waals surface area contributed by atoms with Gasteiger partial charge in [0.05, 0.1) is 33.1 Å². The van der Waals surface area contributed by atoms with Gasteiger partial charge in [0.2, 0.25) is 5.72 Å². The molecule has 0 bridgehead atoms. The molecule has 0 amide bonds.